The average molecular weight is 298 g/mol. The van der Waals surface area contributed by atoms with Crippen molar-refractivity contribution in [3.63, 3.8) is 0 Å². The number of hydrogen-bond acceptors (Lipinski definition) is 4. The van der Waals surface area contributed by atoms with Gasteiger partial charge in [-0.1, -0.05) is 30.3 Å². The lowest BCUT2D eigenvalue weighted by Crippen LogP contribution is -2.30. The van der Waals surface area contributed by atoms with Gasteiger partial charge in [0.25, 0.3) is 0 Å². The predicted molar refractivity (Wildman–Crippen MR) is 80.1 cm³/mol. The van der Waals surface area contributed by atoms with Gasteiger partial charge in [0.05, 0.1) is 11.5 Å². The number of nitrogens with one attached hydrogen (secondary N) is 1. The molecule has 1 rings (SSSR count). The molecule has 0 spiro atoms. The van der Waals surface area contributed by atoms with Crippen molar-refractivity contribution in [3.8, 4) is 0 Å². The molecule has 0 bridgehead atoms. The smallest absolute Gasteiger partial charge is 0.221 e. The fraction of sp³-hybridized carbons (Fsp3) is 0.500. The summed E-state index contributed by atoms with van der Waals surface area (Å²) in [6.07, 6.45) is 1.32. The Labute approximate surface area is 120 Å². The first kappa shape index (κ1) is 16.7. The number of sulfone groups is 1. The van der Waals surface area contributed by atoms with Gasteiger partial charge in [-0.05, 0) is 18.4 Å². The van der Waals surface area contributed by atoms with E-state index in [-0.39, 0.29) is 23.8 Å². The lowest BCUT2D eigenvalue weighted by molar-refractivity contribution is -0.120. The minimum absolute atomic E-state index is 0.00761. The van der Waals surface area contributed by atoms with Gasteiger partial charge < -0.3 is 11.1 Å². The van der Waals surface area contributed by atoms with Gasteiger partial charge in [-0.3, -0.25) is 4.79 Å². The van der Waals surface area contributed by atoms with Gasteiger partial charge in [0.2, 0.25) is 5.91 Å². The largest absolute Gasteiger partial charge is 0.355 e. The molecule has 0 aliphatic rings. The standard InChI is InChI=1S/C14H22N2O3S/c15-9-10-16-14(17)8-12-20(18,19)11-4-7-13-5-2-1-3-6-13/h1-3,5-6H,4,7-12,15H2,(H,16,17). The normalized spacial score (nSPS) is 11.2. The molecule has 6 heteroatoms. The van der Waals surface area contributed by atoms with E-state index in [4.69, 9.17) is 5.73 Å². The number of carbonyl (C=O) groups excluding carboxylic acids is 1. The highest BCUT2D eigenvalue weighted by Crippen LogP contribution is 2.05. The van der Waals surface area contributed by atoms with E-state index < -0.39 is 9.84 Å². The topological polar surface area (TPSA) is 89.3 Å². The monoisotopic (exact) mass is 298 g/mol. The van der Waals surface area contributed by atoms with E-state index in [2.05, 4.69) is 5.32 Å². The van der Waals surface area contributed by atoms with Gasteiger partial charge in [-0.25, -0.2) is 8.42 Å². The summed E-state index contributed by atoms with van der Waals surface area (Å²) in [7, 11) is -3.16. The molecule has 1 amide bonds. The molecule has 0 unspecified atom stereocenters. The summed E-state index contributed by atoms with van der Waals surface area (Å²) in [6.45, 7) is 0.739. The van der Waals surface area contributed by atoms with Gasteiger partial charge in [0, 0.05) is 19.5 Å². The zero-order valence-corrected chi connectivity index (χ0v) is 12.4. The molecule has 5 nitrogen and oxygen atoms in total. The van der Waals surface area contributed by atoms with Crippen LogP contribution >= 0.6 is 0 Å². The van der Waals surface area contributed by atoms with Crippen LogP contribution in [0.3, 0.4) is 0 Å². The first-order valence-corrected chi connectivity index (χ1v) is 8.57. The minimum Gasteiger partial charge on any atom is -0.355 e. The Morgan fingerprint density at radius 2 is 1.85 bits per heavy atom. The maximum Gasteiger partial charge on any atom is 0.221 e. The van der Waals surface area contributed by atoms with Crippen molar-refractivity contribution in [2.45, 2.75) is 19.3 Å². The molecule has 0 fully saturated rings. The third-order valence-corrected chi connectivity index (χ3v) is 4.61. The molecule has 0 heterocycles. The highest BCUT2D eigenvalue weighted by atomic mass is 32.2. The van der Waals surface area contributed by atoms with Gasteiger partial charge in [-0.15, -0.1) is 0 Å². The number of carbonyl (C=O) groups is 1. The molecule has 0 saturated carbocycles. The molecule has 112 valence electrons. The predicted octanol–water partition coefficient (Wildman–Crippen LogP) is 0.499. The number of aryl methyl sites for hydroxylation is 1. The number of nitrogens with two attached hydrogens (primary N) is 1. The highest BCUT2D eigenvalue weighted by Gasteiger charge is 2.13. The van der Waals surface area contributed by atoms with Crippen LogP contribution in [0, 0.1) is 0 Å². The molecule has 0 aromatic heterocycles. The molecule has 0 atom stereocenters. The van der Waals surface area contributed by atoms with Crippen molar-refractivity contribution in [2.24, 2.45) is 5.73 Å². The maximum atomic E-state index is 11.8. The maximum absolute atomic E-state index is 11.8. The van der Waals surface area contributed by atoms with Gasteiger partial charge in [0.15, 0.2) is 9.84 Å². The van der Waals surface area contributed by atoms with Crippen molar-refractivity contribution in [1.82, 2.24) is 5.32 Å². The average Bonchev–Trinajstić information content (AvgIpc) is 2.44. The number of amides is 1. The van der Waals surface area contributed by atoms with E-state index in [1.807, 2.05) is 30.3 Å². The van der Waals surface area contributed by atoms with Gasteiger partial charge >= 0.3 is 0 Å². The Morgan fingerprint density at radius 3 is 2.50 bits per heavy atom. The Kier molecular flexibility index (Phi) is 7.25. The van der Waals surface area contributed by atoms with E-state index in [1.165, 1.54) is 0 Å². The van der Waals surface area contributed by atoms with Crippen LogP contribution in [0.15, 0.2) is 30.3 Å². The Morgan fingerprint density at radius 1 is 1.15 bits per heavy atom. The summed E-state index contributed by atoms with van der Waals surface area (Å²) in [6, 6.07) is 9.76. The van der Waals surface area contributed by atoms with Crippen LogP contribution in [0.1, 0.15) is 18.4 Å². The summed E-state index contributed by atoms with van der Waals surface area (Å²) in [5.74, 6) is -0.244. The molecular formula is C14H22N2O3S. The summed E-state index contributed by atoms with van der Waals surface area (Å²) >= 11 is 0. The van der Waals surface area contributed by atoms with E-state index in [1.54, 1.807) is 0 Å². The molecule has 0 aliphatic heterocycles. The van der Waals surface area contributed by atoms with Crippen LogP contribution < -0.4 is 11.1 Å². The Hall–Kier alpha value is -1.40. The second kappa shape index (κ2) is 8.71. The fourth-order valence-electron chi connectivity index (χ4n) is 1.79. The van der Waals surface area contributed by atoms with Crippen LogP contribution in [0.2, 0.25) is 0 Å². The lowest BCUT2D eigenvalue weighted by atomic mass is 10.1. The molecular weight excluding hydrogens is 276 g/mol. The third-order valence-electron chi connectivity index (χ3n) is 2.87. The van der Waals surface area contributed by atoms with Gasteiger partial charge in [-0.2, -0.15) is 0 Å². The van der Waals surface area contributed by atoms with E-state index in [0.717, 1.165) is 12.0 Å². The molecule has 20 heavy (non-hydrogen) atoms. The first-order chi connectivity index (χ1) is 9.53. The van der Waals surface area contributed by atoms with Crippen LogP contribution in [0.4, 0.5) is 0 Å². The Balaban J connectivity index is 2.26. The molecule has 0 saturated heterocycles. The lowest BCUT2D eigenvalue weighted by Gasteiger charge is -2.05. The number of benzene rings is 1. The summed E-state index contributed by atoms with van der Waals surface area (Å²) < 4.78 is 23.6. The van der Waals surface area contributed by atoms with Gasteiger partial charge in [0.1, 0.15) is 0 Å². The molecule has 1 aromatic carbocycles. The van der Waals surface area contributed by atoms with E-state index in [9.17, 15) is 13.2 Å². The van der Waals surface area contributed by atoms with Crippen LogP contribution in [0.5, 0.6) is 0 Å². The van der Waals surface area contributed by atoms with Crippen LogP contribution in [-0.2, 0) is 21.1 Å². The third kappa shape index (κ3) is 7.25. The zero-order valence-electron chi connectivity index (χ0n) is 11.5. The molecule has 0 aliphatic carbocycles. The quantitative estimate of drug-likeness (QED) is 0.695. The van der Waals surface area contributed by atoms with Crippen molar-refractivity contribution in [2.75, 3.05) is 24.6 Å². The van der Waals surface area contributed by atoms with Crippen molar-refractivity contribution >= 4 is 15.7 Å². The highest BCUT2D eigenvalue weighted by molar-refractivity contribution is 7.91. The van der Waals surface area contributed by atoms with E-state index >= 15 is 0 Å². The second-order valence-corrected chi connectivity index (χ2v) is 6.93. The zero-order chi connectivity index (χ0) is 14.8. The molecule has 1 aromatic rings. The number of rotatable bonds is 9. The van der Waals surface area contributed by atoms with Crippen LogP contribution in [0.25, 0.3) is 0 Å². The fourth-order valence-corrected chi connectivity index (χ4v) is 3.08. The summed E-state index contributed by atoms with van der Waals surface area (Å²) in [4.78, 5) is 11.3. The van der Waals surface area contributed by atoms with Crippen molar-refractivity contribution < 1.29 is 13.2 Å². The van der Waals surface area contributed by atoms with E-state index in [0.29, 0.717) is 19.5 Å². The van der Waals surface area contributed by atoms with Crippen LogP contribution in [-0.4, -0.2) is 38.9 Å². The SMILES string of the molecule is NCCNC(=O)CCS(=O)(=O)CCCc1ccccc1. The first-order valence-electron chi connectivity index (χ1n) is 6.74. The Bertz CT molecular complexity index is 500. The summed E-state index contributed by atoms with van der Waals surface area (Å²) in [5, 5.41) is 2.56. The number of hydrogen-bond donors (Lipinski definition) is 2. The molecule has 3 N–H and O–H groups in total. The van der Waals surface area contributed by atoms with Crippen molar-refractivity contribution in [3.05, 3.63) is 35.9 Å². The minimum atomic E-state index is -3.16. The molecule has 0 radical (unpaired) electrons. The second-order valence-electron chi connectivity index (χ2n) is 4.63. The summed E-state index contributed by atoms with van der Waals surface area (Å²) in [5.41, 5.74) is 6.37. The van der Waals surface area contributed by atoms with Crippen molar-refractivity contribution in [1.29, 1.82) is 0 Å².